The quantitative estimate of drug-likeness (QED) is 0.526. The number of carbonyl (C=O) groups excluding carboxylic acids is 3. The molecule has 0 radical (unpaired) electrons. The Hall–Kier alpha value is -2.73. The molecule has 3 heterocycles. The number of amides is 3. The van der Waals surface area contributed by atoms with Gasteiger partial charge in [0, 0.05) is 42.3 Å². The molecule has 3 unspecified atom stereocenters. The third kappa shape index (κ3) is 5.37. The molecule has 39 heavy (non-hydrogen) atoms. The van der Waals surface area contributed by atoms with Gasteiger partial charge in [-0.1, -0.05) is 23.2 Å². The van der Waals surface area contributed by atoms with Gasteiger partial charge in [0.05, 0.1) is 11.6 Å². The normalized spacial score (nSPS) is 24.2. The average molecular weight is 595 g/mol. The monoisotopic (exact) mass is 593 g/mol. The van der Waals surface area contributed by atoms with Gasteiger partial charge >= 0.3 is 0 Å². The van der Waals surface area contributed by atoms with Crippen molar-refractivity contribution in [3.8, 4) is 0 Å². The second kappa shape index (κ2) is 10.7. The third-order valence-electron chi connectivity index (χ3n) is 7.38. The van der Waals surface area contributed by atoms with Gasteiger partial charge in [0.1, 0.15) is 23.1 Å². The summed E-state index contributed by atoms with van der Waals surface area (Å²) in [6.07, 6.45) is 3.77. The Morgan fingerprint density at radius 3 is 2.38 bits per heavy atom. The first-order chi connectivity index (χ1) is 18.5. The van der Waals surface area contributed by atoms with Gasteiger partial charge in [-0.15, -0.1) is 0 Å². The molecule has 0 bridgehead atoms. The van der Waals surface area contributed by atoms with Crippen LogP contribution in [0.4, 0.5) is 0 Å². The van der Waals surface area contributed by atoms with Crippen molar-refractivity contribution in [2.24, 2.45) is 5.92 Å². The van der Waals surface area contributed by atoms with E-state index in [-0.39, 0.29) is 58.2 Å². The molecular formula is C26H29Cl2N5O5S. The molecule has 10 nitrogen and oxygen atoms in total. The second-order valence-corrected chi connectivity index (χ2v) is 13.1. The number of hydrogen-bond donors (Lipinski definition) is 1. The minimum absolute atomic E-state index is 0.0250. The lowest BCUT2D eigenvalue weighted by atomic mass is 9.96. The van der Waals surface area contributed by atoms with Gasteiger partial charge < -0.3 is 15.1 Å². The molecule has 1 aromatic heterocycles. The van der Waals surface area contributed by atoms with Crippen LogP contribution in [-0.2, 0) is 30.8 Å². The van der Waals surface area contributed by atoms with Crippen molar-refractivity contribution in [3.05, 3.63) is 58.3 Å². The molecule has 2 aromatic rings. The largest absolute Gasteiger partial charge is 0.343 e. The Morgan fingerprint density at radius 1 is 1.08 bits per heavy atom. The van der Waals surface area contributed by atoms with E-state index in [9.17, 15) is 22.8 Å². The SMILES string of the molecule is CC(C)N1CC2N(C(=O)C(NC(=O)C3CC3)CN2S(=O)(=O)c2ccc(Cl)cc2Cl)C(Cc2ccncc2)C1=O. The van der Waals surface area contributed by atoms with E-state index in [0.29, 0.717) is 12.8 Å². The Labute approximate surface area is 237 Å². The summed E-state index contributed by atoms with van der Waals surface area (Å²) in [5.74, 6) is -1.27. The van der Waals surface area contributed by atoms with Crippen LogP contribution in [0.15, 0.2) is 47.6 Å². The Morgan fingerprint density at radius 2 is 1.77 bits per heavy atom. The van der Waals surface area contributed by atoms with E-state index in [4.69, 9.17) is 23.2 Å². The molecule has 3 fully saturated rings. The highest BCUT2D eigenvalue weighted by Crippen LogP contribution is 2.35. The van der Waals surface area contributed by atoms with E-state index in [1.165, 1.54) is 27.4 Å². The topological polar surface area (TPSA) is 120 Å². The van der Waals surface area contributed by atoms with Gasteiger partial charge in [0.15, 0.2) is 0 Å². The van der Waals surface area contributed by atoms with Crippen LogP contribution >= 0.6 is 23.2 Å². The van der Waals surface area contributed by atoms with Gasteiger partial charge in [-0.05, 0) is 62.6 Å². The number of halogens is 2. The standard InChI is InChI=1S/C26H29Cl2N5O5S/c1-15(2)31-14-23-32(39(37,38)22-6-5-18(27)12-19(22)28)13-20(30-24(34)17-3-4-17)25(35)33(23)21(26(31)36)11-16-7-9-29-10-8-16/h5-10,12,15,17,20-21,23H,3-4,11,13-14H2,1-2H3,(H,30,34). The molecule has 2 saturated heterocycles. The highest BCUT2D eigenvalue weighted by atomic mass is 35.5. The van der Waals surface area contributed by atoms with E-state index in [2.05, 4.69) is 10.3 Å². The van der Waals surface area contributed by atoms with Gasteiger partial charge in [0.2, 0.25) is 27.7 Å². The number of pyridine rings is 1. The van der Waals surface area contributed by atoms with Crippen LogP contribution in [0.2, 0.25) is 10.0 Å². The fourth-order valence-electron chi connectivity index (χ4n) is 5.17. The van der Waals surface area contributed by atoms with Crippen LogP contribution in [-0.4, -0.2) is 82.6 Å². The van der Waals surface area contributed by atoms with Gasteiger partial charge in [-0.25, -0.2) is 8.42 Å². The number of carbonyl (C=O) groups is 3. The lowest BCUT2D eigenvalue weighted by Gasteiger charge is -2.54. The Kier molecular flexibility index (Phi) is 7.62. The maximum absolute atomic E-state index is 14.1. The lowest BCUT2D eigenvalue weighted by molar-refractivity contribution is -0.169. The molecule has 13 heteroatoms. The summed E-state index contributed by atoms with van der Waals surface area (Å²) in [4.78, 5) is 47.2. The molecule has 3 aliphatic rings. The first kappa shape index (κ1) is 27.8. The maximum Gasteiger partial charge on any atom is 0.248 e. The number of benzene rings is 1. The van der Waals surface area contributed by atoms with E-state index in [1.54, 1.807) is 29.4 Å². The Bertz CT molecular complexity index is 1400. The molecule has 208 valence electrons. The van der Waals surface area contributed by atoms with E-state index < -0.39 is 34.2 Å². The summed E-state index contributed by atoms with van der Waals surface area (Å²) in [7, 11) is -4.29. The van der Waals surface area contributed by atoms with Crippen LogP contribution in [0.5, 0.6) is 0 Å². The fourth-order valence-corrected chi connectivity index (χ4v) is 7.50. The zero-order valence-electron chi connectivity index (χ0n) is 21.5. The van der Waals surface area contributed by atoms with Crippen molar-refractivity contribution < 1.29 is 22.8 Å². The van der Waals surface area contributed by atoms with Crippen molar-refractivity contribution in [3.63, 3.8) is 0 Å². The predicted octanol–water partition coefficient (Wildman–Crippen LogP) is 2.30. The summed E-state index contributed by atoms with van der Waals surface area (Å²) < 4.78 is 29.4. The van der Waals surface area contributed by atoms with E-state index >= 15 is 0 Å². The minimum atomic E-state index is -4.29. The van der Waals surface area contributed by atoms with Gasteiger partial charge in [-0.2, -0.15) is 4.31 Å². The summed E-state index contributed by atoms with van der Waals surface area (Å²) in [5, 5.41) is 2.96. The molecular weight excluding hydrogens is 565 g/mol. The molecule has 3 amide bonds. The number of piperazine rings is 1. The van der Waals surface area contributed by atoms with Crippen molar-refractivity contribution >= 4 is 50.9 Å². The molecule has 0 spiro atoms. The number of nitrogens with one attached hydrogen (secondary N) is 1. The summed E-state index contributed by atoms with van der Waals surface area (Å²) in [6, 6.07) is 5.20. The highest BCUT2D eigenvalue weighted by Gasteiger charge is 2.54. The molecule has 1 saturated carbocycles. The molecule has 1 N–H and O–H groups in total. The summed E-state index contributed by atoms with van der Waals surface area (Å²) in [6.45, 7) is 3.37. The van der Waals surface area contributed by atoms with Crippen molar-refractivity contribution in [2.45, 2.75) is 62.3 Å². The second-order valence-electron chi connectivity index (χ2n) is 10.4. The molecule has 2 aliphatic heterocycles. The first-order valence-electron chi connectivity index (χ1n) is 12.8. The van der Waals surface area contributed by atoms with Crippen molar-refractivity contribution in [2.75, 3.05) is 13.1 Å². The number of rotatable bonds is 7. The first-order valence-corrected chi connectivity index (χ1v) is 15.0. The van der Waals surface area contributed by atoms with Crippen LogP contribution in [0.3, 0.4) is 0 Å². The smallest absolute Gasteiger partial charge is 0.248 e. The molecule has 1 aromatic carbocycles. The predicted molar refractivity (Wildman–Crippen MR) is 144 cm³/mol. The van der Waals surface area contributed by atoms with Gasteiger partial charge in [0.25, 0.3) is 0 Å². The molecule has 5 rings (SSSR count). The number of aromatic nitrogens is 1. The van der Waals surface area contributed by atoms with Crippen LogP contribution in [0.25, 0.3) is 0 Å². The maximum atomic E-state index is 14.1. The van der Waals surface area contributed by atoms with Crippen molar-refractivity contribution in [1.82, 2.24) is 24.4 Å². The van der Waals surface area contributed by atoms with E-state index in [1.807, 2.05) is 13.8 Å². The zero-order chi connectivity index (χ0) is 28.1. The molecule has 1 aliphatic carbocycles. The fraction of sp³-hybridized carbons (Fsp3) is 0.462. The van der Waals surface area contributed by atoms with Crippen LogP contribution in [0, 0.1) is 5.92 Å². The summed E-state index contributed by atoms with van der Waals surface area (Å²) >= 11 is 12.4. The number of sulfonamides is 1. The number of nitrogens with zero attached hydrogens (tertiary/aromatic N) is 4. The zero-order valence-corrected chi connectivity index (χ0v) is 23.8. The molecule has 3 atom stereocenters. The average Bonchev–Trinajstić information content (AvgIpc) is 3.73. The van der Waals surface area contributed by atoms with Crippen LogP contribution < -0.4 is 5.32 Å². The van der Waals surface area contributed by atoms with Gasteiger partial charge in [-0.3, -0.25) is 19.4 Å². The lowest BCUT2D eigenvalue weighted by Crippen LogP contribution is -2.76. The van der Waals surface area contributed by atoms with Crippen molar-refractivity contribution in [1.29, 1.82) is 0 Å². The van der Waals surface area contributed by atoms with Crippen LogP contribution in [0.1, 0.15) is 32.3 Å². The third-order valence-corrected chi connectivity index (χ3v) is 9.96. The summed E-state index contributed by atoms with van der Waals surface area (Å²) in [5.41, 5.74) is 0.764. The number of hydrogen-bond acceptors (Lipinski definition) is 6. The minimum Gasteiger partial charge on any atom is -0.343 e. The van der Waals surface area contributed by atoms with E-state index in [0.717, 1.165) is 5.56 Å². The number of fused-ring (bicyclic) bond motifs is 1. The Balaban J connectivity index is 1.60. The highest BCUT2D eigenvalue weighted by molar-refractivity contribution is 7.89.